The summed E-state index contributed by atoms with van der Waals surface area (Å²) in [6, 6.07) is 0.814. The highest BCUT2D eigenvalue weighted by molar-refractivity contribution is 7.17. The molecule has 0 aliphatic heterocycles. The van der Waals surface area contributed by atoms with Crippen molar-refractivity contribution in [2.24, 2.45) is 0 Å². The first-order valence-electron chi connectivity index (χ1n) is 7.77. The molecule has 24 heavy (non-hydrogen) atoms. The molecular formula is C16H18N4O3S. The van der Waals surface area contributed by atoms with Crippen molar-refractivity contribution in [2.45, 2.75) is 46.1 Å². The molecule has 2 aromatic rings. The molecule has 8 heteroatoms. The van der Waals surface area contributed by atoms with Crippen molar-refractivity contribution in [3.63, 3.8) is 0 Å². The highest BCUT2D eigenvalue weighted by Gasteiger charge is 2.22. The SMILES string of the molecule is CC(=O)c1sc(NC(=O)C(C)n2nc3c(cc2=O)CCC3)nc1C. The molecule has 0 fully saturated rings. The van der Waals surface area contributed by atoms with Crippen LogP contribution in [0.3, 0.4) is 0 Å². The Kier molecular flexibility index (Phi) is 4.31. The van der Waals surface area contributed by atoms with E-state index in [0.717, 1.165) is 41.9 Å². The first kappa shape index (κ1) is 16.5. The predicted molar refractivity (Wildman–Crippen MR) is 90.7 cm³/mol. The van der Waals surface area contributed by atoms with Crippen LogP contribution in [0.1, 0.15) is 52.9 Å². The van der Waals surface area contributed by atoms with Crippen molar-refractivity contribution in [3.8, 4) is 0 Å². The van der Waals surface area contributed by atoms with Gasteiger partial charge in [-0.05, 0) is 38.7 Å². The zero-order valence-corrected chi connectivity index (χ0v) is 14.6. The molecule has 0 saturated heterocycles. The van der Waals surface area contributed by atoms with Crippen LogP contribution in [0.2, 0.25) is 0 Å². The van der Waals surface area contributed by atoms with Gasteiger partial charge >= 0.3 is 0 Å². The van der Waals surface area contributed by atoms with Crippen LogP contribution in [-0.4, -0.2) is 26.5 Å². The van der Waals surface area contributed by atoms with Gasteiger partial charge in [-0.25, -0.2) is 9.67 Å². The number of thiazole rings is 1. The number of carbonyl (C=O) groups excluding carboxylic acids is 2. The number of nitrogens with one attached hydrogen (secondary N) is 1. The molecule has 1 unspecified atom stereocenters. The molecule has 1 N–H and O–H groups in total. The van der Waals surface area contributed by atoms with E-state index in [0.29, 0.717) is 15.7 Å². The van der Waals surface area contributed by atoms with Gasteiger partial charge in [-0.15, -0.1) is 0 Å². The number of hydrogen-bond acceptors (Lipinski definition) is 6. The highest BCUT2D eigenvalue weighted by Crippen LogP contribution is 2.24. The first-order chi connectivity index (χ1) is 11.4. The summed E-state index contributed by atoms with van der Waals surface area (Å²) < 4.78 is 1.21. The van der Waals surface area contributed by atoms with E-state index in [2.05, 4.69) is 15.4 Å². The number of anilines is 1. The fourth-order valence-electron chi connectivity index (χ4n) is 2.79. The Hall–Kier alpha value is -2.35. The van der Waals surface area contributed by atoms with Gasteiger partial charge < -0.3 is 5.32 Å². The average Bonchev–Trinajstić information content (AvgIpc) is 3.11. The van der Waals surface area contributed by atoms with E-state index in [-0.39, 0.29) is 17.2 Å². The lowest BCUT2D eigenvalue weighted by molar-refractivity contribution is -0.119. The standard InChI is InChI=1S/C16H18N4O3S/c1-8-14(10(3)21)24-16(17-8)18-15(23)9(2)20-13(22)7-11-5-4-6-12(11)19-20/h7,9H,4-6H2,1-3H3,(H,17,18,23). The van der Waals surface area contributed by atoms with E-state index >= 15 is 0 Å². The number of fused-ring (bicyclic) bond motifs is 1. The first-order valence-corrected chi connectivity index (χ1v) is 8.59. The maximum atomic E-state index is 12.4. The number of aromatic nitrogens is 3. The van der Waals surface area contributed by atoms with Gasteiger partial charge in [0.1, 0.15) is 6.04 Å². The minimum Gasteiger partial charge on any atom is -0.300 e. The zero-order chi connectivity index (χ0) is 17.4. The van der Waals surface area contributed by atoms with Gasteiger partial charge in [0.05, 0.1) is 16.3 Å². The number of ketones is 1. The van der Waals surface area contributed by atoms with Crippen molar-refractivity contribution in [1.82, 2.24) is 14.8 Å². The number of hydrogen-bond donors (Lipinski definition) is 1. The Morgan fingerprint density at radius 3 is 2.79 bits per heavy atom. The molecule has 1 aliphatic rings. The van der Waals surface area contributed by atoms with Gasteiger partial charge in [0.15, 0.2) is 10.9 Å². The number of carbonyl (C=O) groups is 2. The molecule has 1 aliphatic carbocycles. The molecule has 7 nitrogen and oxygen atoms in total. The molecular weight excluding hydrogens is 328 g/mol. The quantitative estimate of drug-likeness (QED) is 0.853. The Balaban J connectivity index is 1.82. The summed E-state index contributed by atoms with van der Waals surface area (Å²) in [5.41, 5.74) is 2.17. The van der Waals surface area contributed by atoms with Crippen LogP contribution in [0.5, 0.6) is 0 Å². The fraction of sp³-hybridized carbons (Fsp3) is 0.438. The molecule has 3 rings (SSSR count). The molecule has 0 aromatic carbocycles. The smallest absolute Gasteiger partial charge is 0.267 e. The summed E-state index contributed by atoms with van der Waals surface area (Å²) in [6.07, 6.45) is 2.68. The number of amides is 1. The molecule has 0 saturated carbocycles. The van der Waals surface area contributed by atoms with Gasteiger partial charge in [0.25, 0.3) is 11.5 Å². The Labute approximate surface area is 142 Å². The summed E-state index contributed by atoms with van der Waals surface area (Å²) >= 11 is 1.13. The van der Waals surface area contributed by atoms with Crippen molar-refractivity contribution < 1.29 is 9.59 Å². The number of rotatable bonds is 4. The van der Waals surface area contributed by atoms with E-state index in [1.54, 1.807) is 19.9 Å². The van der Waals surface area contributed by atoms with Gasteiger partial charge in [0, 0.05) is 13.0 Å². The normalized spacial score (nSPS) is 14.3. The van der Waals surface area contributed by atoms with E-state index < -0.39 is 6.04 Å². The maximum absolute atomic E-state index is 12.4. The monoisotopic (exact) mass is 346 g/mol. The second-order valence-electron chi connectivity index (χ2n) is 5.91. The van der Waals surface area contributed by atoms with Crippen LogP contribution in [0, 0.1) is 6.92 Å². The third-order valence-corrected chi connectivity index (χ3v) is 5.25. The van der Waals surface area contributed by atoms with Crippen molar-refractivity contribution in [2.75, 3.05) is 5.32 Å². The Morgan fingerprint density at radius 2 is 2.12 bits per heavy atom. The van der Waals surface area contributed by atoms with Crippen molar-refractivity contribution in [1.29, 1.82) is 0 Å². The molecule has 1 amide bonds. The third kappa shape index (κ3) is 3.01. The van der Waals surface area contributed by atoms with Gasteiger partial charge in [-0.1, -0.05) is 11.3 Å². The zero-order valence-electron chi connectivity index (χ0n) is 13.8. The van der Waals surface area contributed by atoms with Gasteiger partial charge in [-0.3, -0.25) is 14.4 Å². The summed E-state index contributed by atoms with van der Waals surface area (Å²) in [4.78, 5) is 40.8. The minimum absolute atomic E-state index is 0.0879. The molecule has 0 spiro atoms. The summed E-state index contributed by atoms with van der Waals surface area (Å²) in [7, 11) is 0. The Morgan fingerprint density at radius 1 is 1.38 bits per heavy atom. The molecule has 0 bridgehead atoms. The Bertz CT molecular complexity index is 884. The van der Waals surface area contributed by atoms with Crippen LogP contribution in [-0.2, 0) is 17.6 Å². The fourth-order valence-corrected chi connectivity index (χ4v) is 3.65. The van der Waals surface area contributed by atoms with Gasteiger partial charge in [0.2, 0.25) is 0 Å². The largest absolute Gasteiger partial charge is 0.300 e. The second-order valence-corrected chi connectivity index (χ2v) is 6.91. The van der Waals surface area contributed by atoms with Crippen LogP contribution < -0.4 is 10.9 Å². The molecule has 1 atom stereocenters. The van der Waals surface area contributed by atoms with E-state index in [9.17, 15) is 14.4 Å². The highest BCUT2D eigenvalue weighted by atomic mass is 32.1. The van der Waals surface area contributed by atoms with Crippen molar-refractivity contribution in [3.05, 3.63) is 38.2 Å². The van der Waals surface area contributed by atoms with Crippen LogP contribution in [0.25, 0.3) is 0 Å². The molecule has 0 radical (unpaired) electrons. The molecule has 126 valence electrons. The lowest BCUT2D eigenvalue weighted by Gasteiger charge is -2.14. The number of nitrogens with zero attached hydrogens (tertiary/aromatic N) is 3. The van der Waals surface area contributed by atoms with Crippen LogP contribution >= 0.6 is 11.3 Å². The molecule has 2 aromatic heterocycles. The summed E-state index contributed by atoms with van der Waals surface area (Å²) in [5, 5.41) is 7.36. The summed E-state index contributed by atoms with van der Waals surface area (Å²) in [6.45, 7) is 4.80. The maximum Gasteiger partial charge on any atom is 0.267 e. The third-order valence-electron chi connectivity index (χ3n) is 4.08. The summed E-state index contributed by atoms with van der Waals surface area (Å²) in [5.74, 6) is -0.471. The van der Waals surface area contributed by atoms with E-state index in [1.807, 2.05) is 0 Å². The lowest BCUT2D eigenvalue weighted by Crippen LogP contribution is -2.33. The predicted octanol–water partition coefficient (Wildman–Crippen LogP) is 1.90. The van der Waals surface area contributed by atoms with Gasteiger partial charge in [-0.2, -0.15) is 5.10 Å². The van der Waals surface area contributed by atoms with Crippen LogP contribution in [0.4, 0.5) is 5.13 Å². The van der Waals surface area contributed by atoms with E-state index in [4.69, 9.17) is 0 Å². The number of aryl methyl sites for hydroxylation is 3. The topological polar surface area (TPSA) is 94.0 Å². The second kappa shape index (κ2) is 6.27. The van der Waals surface area contributed by atoms with E-state index in [1.165, 1.54) is 11.6 Å². The minimum atomic E-state index is -0.756. The lowest BCUT2D eigenvalue weighted by atomic mass is 10.2. The van der Waals surface area contributed by atoms with Crippen molar-refractivity contribution >= 4 is 28.2 Å². The van der Waals surface area contributed by atoms with Crippen LogP contribution in [0.15, 0.2) is 10.9 Å². The molecule has 2 heterocycles. The number of Topliss-reactive ketones (excluding diaryl/α,β-unsaturated/α-hetero) is 1. The average molecular weight is 346 g/mol.